The van der Waals surface area contributed by atoms with Gasteiger partial charge in [0.2, 0.25) is 0 Å². The molecule has 6 rings (SSSR count). The van der Waals surface area contributed by atoms with E-state index in [1.807, 2.05) is 12.0 Å². The van der Waals surface area contributed by atoms with Crippen molar-refractivity contribution in [3.05, 3.63) is 124 Å². The maximum absolute atomic E-state index is 11.6. The minimum atomic E-state index is -0.597. The highest BCUT2D eigenvalue weighted by molar-refractivity contribution is 6.31. The zero-order valence-electron chi connectivity index (χ0n) is 30.3. The second-order valence-corrected chi connectivity index (χ2v) is 13.5. The molecule has 4 aromatic carbocycles. The van der Waals surface area contributed by atoms with E-state index >= 15 is 0 Å². The second-order valence-electron chi connectivity index (χ2n) is 11.7. The van der Waals surface area contributed by atoms with Gasteiger partial charge in [-0.1, -0.05) is 46.4 Å². The monoisotopic (exact) mass is 834 g/mol. The molecule has 0 aliphatic carbocycles. The Kier molecular flexibility index (Phi) is 16.3. The van der Waals surface area contributed by atoms with Crippen LogP contribution in [-0.2, 0) is 19.1 Å². The van der Waals surface area contributed by atoms with E-state index in [2.05, 4.69) is 30.0 Å². The van der Waals surface area contributed by atoms with Crippen LogP contribution in [0.2, 0.25) is 20.1 Å². The number of H-pyrrole nitrogens is 1. The number of esters is 2. The third-order valence-corrected chi connectivity index (χ3v) is 7.41. The molecule has 288 valence electrons. The average Bonchev–Trinajstić information content (AvgIpc) is 3.86. The minimum absolute atomic E-state index is 0.112. The van der Waals surface area contributed by atoms with Crippen LogP contribution in [0.15, 0.2) is 104 Å². The van der Waals surface area contributed by atoms with Gasteiger partial charge in [0.15, 0.2) is 11.6 Å². The zero-order chi connectivity index (χ0) is 40.6. The summed E-state index contributed by atoms with van der Waals surface area (Å²) in [6.45, 7) is 7.05. The van der Waals surface area contributed by atoms with Gasteiger partial charge < -0.3 is 18.9 Å². The third-order valence-electron chi connectivity index (χ3n) is 6.47. The third kappa shape index (κ3) is 14.8. The molecular formula is C40H34Cl4N6O6. The lowest BCUT2D eigenvalue weighted by atomic mass is 10.2. The van der Waals surface area contributed by atoms with Crippen LogP contribution < -0.4 is 9.47 Å². The van der Waals surface area contributed by atoms with Crippen molar-refractivity contribution in [2.24, 2.45) is 0 Å². The molecule has 0 saturated carbocycles. The lowest BCUT2D eigenvalue weighted by molar-refractivity contribution is -0.141. The van der Waals surface area contributed by atoms with Crippen molar-refractivity contribution in [2.75, 3.05) is 0 Å². The van der Waals surface area contributed by atoms with E-state index < -0.39 is 11.9 Å². The fourth-order valence-corrected chi connectivity index (χ4v) is 4.97. The molecule has 12 nitrogen and oxygen atoms in total. The number of ether oxygens (including phenoxy) is 4. The molecule has 16 heteroatoms. The van der Waals surface area contributed by atoms with E-state index in [0.29, 0.717) is 60.3 Å². The number of hydrogen-bond donors (Lipinski definition) is 1. The Morgan fingerprint density at radius 2 is 1.25 bits per heavy atom. The predicted molar refractivity (Wildman–Crippen MR) is 217 cm³/mol. The molecule has 0 atom stereocenters. The Balaban J connectivity index is 0.000000216. The average molecular weight is 837 g/mol. The maximum Gasteiger partial charge on any atom is 0.384 e. The number of hydrogen-bond acceptors (Lipinski definition) is 10. The Morgan fingerprint density at radius 1 is 0.714 bits per heavy atom. The number of carbonyl (C=O) groups is 2. The summed E-state index contributed by atoms with van der Waals surface area (Å²) in [6, 6.07) is 24.7. The number of rotatable bonds is 10. The van der Waals surface area contributed by atoms with Crippen LogP contribution in [0.5, 0.6) is 23.0 Å². The molecule has 6 aromatic rings. The summed E-state index contributed by atoms with van der Waals surface area (Å²) >= 11 is 24.0. The van der Waals surface area contributed by atoms with E-state index in [0.717, 1.165) is 5.56 Å². The molecule has 2 heterocycles. The molecule has 0 saturated heterocycles. The van der Waals surface area contributed by atoms with Gasteiger partial charge in [-0.15, -0.1) is 11.5 Å². The number of nitrogens with zero attached hydrogens (tertiary/aromatic N) is 5. The van der Waals surface area contributed by atoms with Crippen molar-refractivity contribution in [3.63, 3.8) is 0 Å². The molecule has 0 aliphatic rings. The molecule has 0 unspecified atom stereocenters. The summed E-state index contributed by atoms with van der Waals surface area (Å²) in [5, 5.41) is 13.2. The number of terminal acetylenes is 1. The predicted octanol–water partition coefficient (Wildman–Crippen LogP) is 10.6. The number of carbonyl (C=O) groups excluding carboxylic acids is 2. The fourth-order valence-electron chi connectivity index (χ4n) is 4.27. The smallest absolute Gasteiger partial charge is 0.384 e. The van der Waals surface area contributed by atoms with E-state index in [1.54, 1.807) is 107 Å². The van der Waals surface area contributed by atoms with Crippen LogP contribution in [0.1, 0.15) is 27.7 Å². The van der Waals surface area contributed by atoms with Crippen LogP contribution in [0.3, 0.4) is 0 Å². The van der Waals surface area contributed by atoms with Gasteiger partial charge in [-0.25, -0.2) is 24.2 Å². The van der Waals surface area contributed by atoms with Crippen LogP contribution in [0.25, 0.3) is 29.0 Å². The van der Waals surface area contributed by atoms with E-state index in [1.165, 1.54) is 29.6 Å². The highest BCUT2D eigenvalue weighted by atomic mass is 35.5. The highest BCUT2D eigenvalue weighted by Gasteiger charge is 2.10. The normalized spacial score (nSPS) is 10.5. The molecule has 0 fully saturated rings. The van der Waals surface area contributed by atoms with Crippen molar-refractivity contribution in [3.8, 4) is 58.1 Å². The summed E-state index contributed by atoms with van der Waals surface area (Å²) in [7, 11) is 0. The summed E-state index contributed by atoms with van der Waals surface area (Å²) < 4.78 is 22.5. The molecular weight excluding hydrogens is 802 g/mol. The minimum Gasteiger partial charge on any atom is -0.460 e. The van der Waals surface area contributed by atoms with Crippen molar-refractivity contribution in [1.29, 1.82) is 0 Å². The molecule has 0 bridgehead atoms. The zero-order valence-corrected chi connectivity index (χ0v) is 33.3. The topological polar surface area (TPSA) is 143 Å². The standard InChI is InChI=1S/C20H17Cl2N3O3.C14H9Cl2N3O.C6H8O2/c1-13(2)27-19(26)7-8-25-12-23-20(24-25)14-9-16(22)11-18(10-14)28-17-5-3-15(21)4-6-17;15-10-1-3-12(4-2-10)20-13-6-9(5-11(16)7-13)14-17-8-18-19-14;1-4-6(7)8-5(2)3/h3-13H,1-2H3;1-8H,(H,17,18,19);1,5H,2-3H3/b8-7-;;. The summed E-state index contributed by atoms with van der Waals surface area (Å²) in [5.41, 5.74) is 1.48. The van der Waals surface area contributed by atoms with Gasteiger partial charge >= 0.3 is 11.9 Å². The molecule has 2 aromatic heterocycles. The van der Waals surface area contributed by atoms with Gasteiger partial charge in [0.25, 0.3) is 0 Å². The summed E-state index contributed by atoms with van der Waals surface area (Å²) in [5.74, 6) is 4.32. The first-order valence-electron chi connectivity index (χ1n) is 16.6. The second kappa shape index (κ2) is 21.3. The van der Waals surface area contributed by atoms with Gasteiger partial charge in [-0.05, 0) is 113 Å². The quantitative estimate of drug-likeness (QED) is 0.0613. The van der Waals surface area contributed by atoms with Gasteiger partial charge in [0, 0.05) is 49.4 Å². The van der Waals surface area contributed by atoms with E-state index in [9.17, 15) is 9.59 Å². The summed E-state index contributed by atoms with van der Waals surface area (Å²) in [4.78, 5) is 30.1. The van der Waals surface area contributed by atoms with Crippen LogP contribution in [0.4, 0.5) is 0 Å². The summed E-state index contributed by atoms with van der Waals surface area (Å²) in [6.07, 6.45) is 10.1. The SMILES string of the molecule is C#CC(=O)OC(C)C.CC(C)OC(=O)/C=C\n1cnc(-c2cc(Cl)cc(Oc3ccc(Cl)cc3)c2)n1.Clc1ccc(Oc2cc(Cl)cc(-c3ncn[nH]3)c2)cc1. The van der Waals surface area contributed by atoms with Crippen molar-refractivity contribution >= 4 is 64.5 Å². The van der Waals surface area contributed by atoms with Crippen LogP contribution >= 0.6 is 46.4 Å². The Hall–Kier alpha value is -5.84. The molecule has 1 N–H and O–H groups in total. The van der Waals surface area contributed by atoms with Gasteiger partial charge in [0.1, 0.15) is 35.7 Å². The number of aromatic nitrogens is 6. The largest absolute Gasteiger partial charge is 0.460 e. The van der Waals surface area contributed by atoms with Gasteiger partial charge in [-0.2, -0.15) is 5.10 Å². The van der Waals surface area contributed by atoms with Gasteiger partial charge in [0.05, 0.1) is 12.2 Å². The number of halogens is 4. The Morgan fingerprint density at radius 3 is 1.73 bits per heavy atom. The Bertz CT molecular complexity index is 2270. The van der Waals surface area contributed by atoms with E-state index in [4.69, 9.17) is 67.0 Å². The van der Waals surface area contributed by atoms with Gasteiger partial charge in [-0.3, -0.25) is 5.10 Å². The highest BCUT2D eigenvalue weighted by Crippen LogP contribution is 2.32. The first-order chi connectivity index (χ1) is 26.8. The molecule has 56 heavy (non-hydrogen) atoms. The van der Waals surface area contributed by atoms with Crippen molar-refractivity contribution < 1.29 is 28.5 Å². The first kappa shape index (κ1) is 42.9. The Labute approximate surface area is 343 Å². The van der Waals surface area contributed by atoms with Crippen molar-refractivity contribution in [1.82, 2.24) is 29.9 Å². The molecule has 0 radical (unpaired) electrons. The lowest BCUT2D eigenvalue weighted by Gasteiger charge is -2.08. The maximum atomic E-state index is 11.6. The molecule has 0 amide bonds. The first-order valence-corrected chi connectivity index (χ1v) is 18.1. The van der Waals surface area contributed by atoms with Crippen LogP contribution in [-0.4, -0.2) is 54.1 Å². The molecule has 0 spiro atoms. The number of benzene rings is 4. The fraction of sp³-hybridized carbons (Fsp3) is 0.150. The van der Waals surface area contributed by atoms with E-state index in [-0.39, 0.29) is 12.2 Å². The number of nitrogens with one attached hydrogen (secondary N) is 1. The van der Waals surface area contributed by atoms with Crippen LogP contribution in [0, 0.1) is 12.3 Å². The van der Waals surface area contributed by atoms with Crippen molar-refractivity contribution in [2.45, 2.75) is 39.9 Å². The lowest BCUT2D eigenvalue weighted by Crippen LogP contribution is -2.08. The number of aromatic amines is 1. The molecule has 0 aliphatic heterocycles.